The number of halogens is 2. The lowest BCUT2D eigenvalue weighted by molar-refractivity contribution is 0.386. The van der Waals surface area contributed by atoms with Crippen molar-refractivity contribution in [3.8, 4) is 5.75 Å². The summed E-state index contributed by atoms with van der Waals surface area (Å²) in [4.78, 5) is 0. The van der Waals surface area contributed by atoms with Gasteiger partial charge in [0.2, 0.25) is 0 Å². The Morgan fingerprint density at radius 1 is 1.54 bits per heavy atom. The second kappa shape index (κ2) is 4.72. The summed E-state index contributed by atoms with van der Waals surface area (Å²) in [6.45, 7) is 0. The van der Waals surface area contributed by atoms with E-state index in [0.717, 1.165) is 5.56 Å². The topological polar surface area (TPSA) is 9.23 Å². The largest absolute Gasteiger partial charge is 0.494 e. The van der Waals surface area contributed by atoms with Gasteiger partial charge in [-0.1, -0.05) is 11.6 Å². The van der Waals surface area contributed by atoms with Gasteiger partial charge in [-0.25, -0.2) is 4.39 Å². The van der Waals surface area contributed by atoms with Crippen LogP contribution in [0, 0.1) is 5.82 Å². The van der Waals surface area contributed by atoms with Crippen LogP contribution in [-0.4, -0.2) is 13.4 Å². The van der Waals surface area contributed by atoms with Crippen LogP contribution >= 0.6 is 23.4 Å². The predicted octanol–water partition coefficient (Wildman–Crippen LogP) is 3.35. The fourth-order valence-electron chi connectivity index (χ4n) is 0.992. The van der Waals surface area contributed by atoms with Crippen LogP contribution in [-0.2, 0) is 5.75 Å². The van der Waals surface area contributed by atoms with E-state index >= 15 is 0 Å². The number of thioether (sulfide) groups is 1. The van der Waals surface area contributed by atoms with Crippen molar-refractivity contribution in [2.75, 3.05) is 13.4 Å². The SMILES string of the molecule is COc1cc(Cl)c(CSC)cc1F. The summed E-state index contributed by atoms with van der Waals surface area (Å²) >= 11 is 7.50. The van der Waals surface area contributed by atoms with Crippen LogP contribution in [0.5, 0.6) is 5.75 Å². The molecule has 0 aliphatic rings. The Balaban J connectivity index is 3.05. The molecule has 0 aliphatic heterocycles. The second-order valence-corrected chi connectivity index (χ2v) is 3.78. The molecule has 1 aromatic carbocycles. The fraction of sp³-hybridized carbons (Fsp3) is 0.333. The molecule has 0 atom stereocenters. The molecular formula is C9H10ClFOS. The Bertz CT molecular complexity index is 304. The molecule has 0 spiro atoms. The first-order valence-electron chi connectivity index (χ1n) is 3.70. The summed E-state index contributed by atoms with van der Waals surface area (Å²) in [5.41, 5.74) is 0.799. The third kappa shape index (κ3) is 2.51. The molecule has 0 saturated heterocycles. The highest BCUT2D eigenvalue weighted by Crippen LogP contribution is 2.27. The number of rotatable bonds is 3. The van der Waals surface area contributed by atoms with E-state index in [1.807, 2.05) is 6.26 Å². The minimum Gasteiger partial charge on any atom is -0.494 e. The maximum Gasteiger partial charge on any atom is 0.165 e. The Hall–Kier alpha value is -0.410. The van der Waals surface area contributed by atoms with Gasteiger partial charge in [-0.15, -0.1) is 0 Å². The number of methoxy groups -OCH3 is 1. The summed E-state index contributed by atoms with van der Waals surface area (Å²) in [7, 11) is 1.42. The van der Waals surface area contributed by atoms with Crippen molar-refractivity contribution in [1.29, 1.82) is 0 Å². The highest BCUT2D eigenvalue weighted by Gasteiger charge is 2.07. The van der Waals surface area contributed by atoms with Crippen molar-refractivity contribution in [1.82, 2.24) is 0 Å². The van der Waals surface area contributed by atoms with E-state index in [9.17, 15) is 4.39 Å². The van der Waals surface area contributed by atoms with Crippen LogP contribution in [0.15, 0.2) is 12.1 Å². The summed E-state index contributed by atoms with van der Waals surface area (Å²) < 4.78 is 18.0. The van der Waals surface area contributed by atoms with Gasteiger partial charge in [0, 0.05) is 16.8 Å². The van der Waals surface area contributed by atoms with E-state index in [1.165, 1.54) is 19.2 Å². The van der Waals surface area contributed by atoms with Crippen LogP contribution in [0.4, 0.5) is 4.39 Å². The van der Waals surface area contributed by atoms with Crippen molar-refractivity contribution >= 4 is 23.4 Å². The van der Waals surface area contributed by atoms with E-state index < -0.39 is 0 Å². The number of benzene rings is 1. The van der Waals surface area contributed by atoms with Crippen molar-refractivity contribution in [2.45, 2.75) is 5.75 Å². The Morgan fingerprint density at radius 3 is 2.77 bits per heavy atom. The normalized spacial score (nSPS) is 10.2. The Labute approximate surface area is 86.2 Å². The first-order chi connectivity index (χ1) is 6.19. The molecule has 0 radical (unpaired) electrons. The van der Waals surface area contributed by atoms with Gasteiger partial charge in [-0.2, -0.15) is 11.8 Å². The van der Waals surface area contributed by atoms with E-state index in [0.29, 0.717) is 10.8 Å². The van der Waals surface area contributed by atoms with Crippen LogP contribution in [0.1, 0.15) is 5.56 Å². The molecule has 1 nitrogen and oxygen atoms in total. The van der Waals surface area contributed by atoms with Gasteiger partial charge in [0.1, 0.15) is 0 Å². The molecule has 0 fully saturated rings. The lowest BCUT2D eigenvalue weighted by atomic mass is 10.2. The van der Waals surface area contributed by atoms with E-state index in [-0.39, 0.29) is 11.6 Å². The second-order valence-electron chi connectivity index (χ2n) is 2.51. The van der Waals surface area contributed by atoms with Crippen molar-refractivity contribution in [3.63, 3.8) is 0 Å². The first-order valence-corrected chi connectivity index (χ1v) is 5.47. The van der Waals surface area contributed by atoms with Crippen molar-refractivity contribution in [3.05, 3.63) is 28.5 Å². The molecule has 0 saturated carbocycles. The molecule has 1 aromatic rings. The lowest BCUT2D eigenvalue weighted by Gasteiger charge is -2.06. The smallest absolute Gasteiger partial charge is 0.165 e. The number of ether oxygens (including phenoxy) is 1. The summed E-state index contributed by atoms with van der Waals surface area (Å²) in [6.07, 6.45) is 1.94. The Morgan fingerprint density at radius 2 is 2.23 bits per heavy atom. The average molecular weight is 221 g/mol. The van der Waals surface area contributed by atoms with Gasteiger partial charge >= 0.3 is 0 Å². The van der Waals surface area contributed by atoms with Crippen LogP contribution in [0.25, 0.3) is 0 Å². The minimum absolute atomic E-state index is 0.190. The van der Waals surface area contributed by atoms with E-state index in [2.05, 4.69) is 0 Å². The molecule has 13 heavy (non-hydrogen) atoms. The molecule has 0 bridgehead atoms. The highest BCUT2D eigenvalue weighted by atomic mass is 35.5. The zero-order valence-corrected chi connectivity index (χ0v) is 9.01. The monoisotopic (exact) mass is 220 g/mol. The average Bonchev–Trinajstić information content (AvgIpc) is 2.11. The fourth-order valence-corrected chi connectivity index (χ4v) is 1.84. The van der Waals surface area contributed by atoms with Gasteiger partial charge < -0.3 is 4.74 Å². The zero-order valence-electron chi connectivity index (χ0n) is 7.43. The molecule has 1 rings (SSSR count). The molecular weight excluding hydrogens is 211 g/mol. The third-order valence-corrected chi connectivity index (χ3v) is 2.57. The highest BCUT2D eigenvalue weighted by molar-refractivity contribution is 7.97. The van der Waals surface area contributed by atoms with Crippen LogP contribution in [0.2, 0.25) is 5.02 Å². The lowest BCUT2D eigenvalue weighted by Crippen LogP contribution is -1.91. The molecule has 0 unspecified atom stereocenters. The van der Waals surface area contributed by atoms with Crippen LogP contribution < -0.4 is 4.74 Å². The molecule has 4 heteroatoms. The molecule has 72 valence electrons. The molecule has 0 aromatic heterocycles. The standard InChI is InChI=1S/C9H10ClFOS/c1-12-9-4-7(10)6(5-13-2)3-8(9)11/h3-4H,5H2,1-2H3. The molecule has 0 amide bonds. The van der Waals surface area contributed by atoms with E-state index in [1.54, 1.807) is 11.8 Å². The van der Waals surface area contributed by atoms with Crippen LogP contribution in [0.3, 0.4) is 0 Å². The van der Waals surface area contributed by atoms with Crippen molar-refractivity contribution < 1.29 is 9.13 Å². The number of hydrogen-bond donors (Lipinski definition) is 0. The van der Waals surface area contributed by atoms with Gasteiger partial charge in [-0.05, 0) is 17.9 Å². The maximum absolute atomic E-state index is 13.2. The maximum atomic E-state index is 13.2. The minimum atomic E-state index is -0.365. The van der Waals surface area contributed by atoms with Gasteiger partial charge in [0.05, 0.1) is 7.11 Å². The molecule has 0 N–H and O–H groups in total. The van der Waals surface area contributed by atoms with Crippen molar-refractivity contribution in [2.24, 2.45) is 0 Å². The van der Waals surface area contributed by atoms with Gasteiger partial charge in [0.25, 0.3) is 0 Å². The first kappa shape index (κ1) is 10.7. The Kier molecular flexibility index (Phi) is 3.88. The number of hydrogen-bond acceptors (Lipinski definition) is 2. The summed E-state index contributed by atoms with van der Waals surface area (Å²) in [5.74, 6) is 0.533. The molecule has 0 aliphatic carbocycles. The summed E-state index contributed by atoms with van der Waals surface area (Å²) in [6, 6.07) is 2.92. The van der Waals surface area contributed by atoms with E-state index in [4.69, 9.17) is 16.3 Å². The van der Waals surface area contributed by atoms with Gasteiger partial charge in [-0.3, -0.25) is 0 Å². The quantitative estimate of drug-likeness (QED) is 0.773. The van der Waals surface area contributed by atoms with Gasteiger partial charge in [0.15, 0.2) is 11.6 Å². The predicted molar refractivity (Wildman–Crippen MR) is 55.2 cm³/mol. The molecule has 0 heterocycles. The summed E-state index contributed by atoms with van der Waals surface area (Å²) in [5, 5.41) is 0.549. The third-order valence-electron chi connectivity index (χ3n) is 1.62. The zero-order chi connectivity index (χ0) is 9.84.